The third kappa shape index (κ3) is 10.1. The molecule has 0 heterocycles. The number of rotatable bonds is 10. The molecule has 0 aromatic heterocycles. The maximum absolute atomic E-state index is 12.4. The van der Waals surface area contributed by atoms with Crippen molar-refractivity contribution >= 4 is 21.6 Å². The summed E-state index contributed by atoms with van der Waals surface area (Å²) < 4.78 is 5.02. The molecule has 0 spiro atoms. The van der Waals surface area contributed by atoms with E-state index in [4.69, 9.17) is 10.2 Å². The fraction of sp³-hybridized carbons (Fsp3) is 0.857. The second-order valence-corrected chi connectivity index (χ2v) is 6.97. The van der Waals surface area contributed by atoms with Crippen LogP contribution in [0, 0.1) is 11.3 Å². The molecule has 1 unspecified atom stereocenters. The van der Waals surface area contributed by atoms with Crippen LogP contribution in [0.2, 0.25) is 6.04 Å². The Hall–Kier alpha value is 0.286. The van der Waals surface area contributed by atoms with Gasteiger partial charge in [0.2, 0.25) is 21.6 Å². The van der Waals surface area contributed by atoms with Crippen molar-refractivity contribution in [2.75, 3.05) is 20.7 Å². The summed E-state index contributed by atoms with van der Waals surface area (Å²) in [6.45, 7) is 6.29. The molecule has 0 saturated carbocycles. The van der Waals surface area contributed by atoms with Crippen LogP contribution in [-0.4, -0.2) is 47.2 Å². The maximum atomic E-state index is 12.4. The minimum Gasteiger partial charge on any atom is -0.421 e. The number of primary amides is 1. The van der Waals surface area contributed by atoms with Crippen molar-refractivity contribution in [2.45, 2.75) is 46.1 Å². The molecule has 22 heavy (non-hydrogen) atoms. The van der Waals surface area contributed by atoms with E-state index in [9.17, 15) is 9.59 Å². The molecule has 8 heteroatoms. The van der Waals surface area contributed by atoms with Crippen LogP contribution >= 0.6 is 0 Å². The molecular formula is C14H28N2O3SiV2. The Morgan fingerprint density at radius 1 is 1.32 bits per heavy atom. The summed E-state index contributed by atoms with van der Waals surface area (Å²) in [7, 11) is 4.00. The smallest absolute Gasteiger partial charge is 0.229 e. The molecule has 126 valence electrons. The van der Waals surface area contributed by atoms with E-state index >= 15 is 0 Å². The zero-order valence-corrected chi connectivity index (χ0v) is 18.1. The number of carbonyl (C=O) groups excluding carboxylic acids is 2. The van der Waals surface area contributed by atoms with E-state index in [1.54, 1.807) is 25.9 Å². The van der Waals surface area contributed by atoms with Gasteiger partial charge in [-0.1, -0.05) is 20.8 Å². The fourth-order valence-corrected chi connectivity index (χ4v) is 2.54. The molecule has 4 radical (unpaired) electrons. The molecular weight excluding hydrogens is 374 g/mol. The van der Waals surface area contributed by atoms with Crippen molar-refractivity contribution in [1.29, 1.82) is 0 Å². The van der Waals surface area contributed by atoms with Crippen LogP contribution in [-0.2, 0) is 51.1 Å². The van der Waals surface area contributed by atoms with Crippen LogP contribution in [0.5, 0.6) is 0 Å². The van der Waals surface area contributed by atoms with Gasteiger partial charge in [0, 0.05) is 69.1 Å². The van der Waals surface area contributed by atoms with E-state index in [2.05, 4.69) is 0 Å². The second kappa shape index (κ2) is 13.7. The van der Waals surface area contributed by atoms with Gasteiger partial charge in [-0.05, 0) is 25.3 Å². The van der Waals surface area contributed by atoms with E-state index in [1.165, 1.54) is 0 Å². The Balaban J connectivity index is -0.00000180. The van der Waals surface area contributed by atoms with Gasteiger partial charge in [-0.2, -0.15) is 0 Å². The summed E-state index contributed by atoms with van der Waals surface area (Å²) in [6, 6.07) is 0.970. The molecule has 0 aliphatic carbocycles. The van der Waals surface area contributed by atoms with Crippen LogP contribution in [0.4, 0.5) is 0 Å². The molecule has 0 rings (SSSR count). The molecule has 0 aromatic carbocycles. The quantitative estimate of drug-likeness (QED) is 0.444. The summed E-state index contributed by atoms with van der Waals surface area (Å²) in [5, 5.41) is 0. The van der Waals surface area contributed by atoms with Gasteiger partial charge in [-0.25, -0.2) is 0 Å². The van der Waals surface area contributed by atoms with Crippen LogP contribution in [0.25, 0.3) is 0 Å². The van der Waals surface area contributed by atoms with E-state index in [0.29, 0.717) is 16.2 Å². The van der Waals surface area contributed by atoms with Crippen molar-refractivity contribution in [1.82, 2.24) is 4.90 Å². The first-order valence-electron chi connectivity index (χ1n) is 7.07. The van der Waals surface area contributed by atoms with Crippen LogP contribution in [0.3, 0.4) is 0 Å². The van der Waals surface area contributed by atoms with Crippen molar-refractivity contribution in [3.05, 3.63) is 0 Å². The second-order valence-electron chi connectivity index (χ2n) is 5.77. The zero-order valence-electron chi connectivity index (χ0n) is 14.3. The Labute approximate surface area is 161 Å². The maximum Gasteiger partial charge on any atom is 0.229 e. The largest absolute Gasteiger partial charge is 0.421 e. The van der Waals surface area contributed by atoms with Crippen LogP contribution in [0.1, 0.15) is 40.0 Å². The first kappa shape index (κ1) is 27.1. The van der Waals surface area contributed by atoms with Crippen LogP contribution < -0.4 is 5.73 Å². The SMILES string of the molecule is CCC(CC(C)(C)C(N)=O)C(=O)N(C)CCC[Si]OC.[V].[V]. The van der Waals surface area contributed by atoms with Crippen molar-refractivity contribution in [3.8, 4) is 0 Å². The average molecular weight is 402 g/mol. The van der Waals surface area contributed by atoms with Gasteiger partial charge in [0.25, 0.3) is 0 Å². The van der Waals surface area contributed by atoms with Gasteiger partial charge >= 0.3 is 0 Å². The first-order chi connectivity index (χ1) is 9.26. The van der Waals surface area contributed by atoms with Gasteiger partial charge < -0.3 is 15.1 Å². The van der Waals surface area contributed by atoms with E-state index in [0.717, 1.165) is 25.4 Å². The Bertz CT molecular complexity index is 331. The molecule has 0 aliphatic rings. The molecule has 0 aliphatic heterocycles. The predicted octanol–water partition coefficient (Wildman–Crippen LogP) is 1.44. The summed E-state index contributed by atoms with van der Waals surface area (Å²) >= 11 is 0. The van der Waals surface area contributed by atoms with Gasteiger partial charge in [0.05, 0.1) is 0 Å². The third-order valence-electron chi connectivity index (χ3n) is 3.56. The first-order valence-corrected chi connectivity index (χ1v) is 8.18. The minimum atomic E-state index is -0.644. The monoisotopic (exact) mass is 402 g/mol. The number of nitrogens with zero attached hydrogens (tertiary/aromatic N) is 1. The van der Waals surface area contributed by atoms with E-state index in [-0.39, 0.29) is 54.8 Å². The Morgan fingerprint density at radius 3 is 2.27 bits per heavy atom. The standard InChI is InChI=1S/C14H28N2O3Si.2V/c1-6-11(10-14(2,3)13(15)18)12(17)16(4)8-7-9-20-19-5;;/h11H,6-10H2,1-5H3,(H2,15,18);;. The molecule has 5 nitrogen and oxygen atoms in total. The summed E-state index contributed by atoms with van der Waals surface area (Å²) in [6.07, 6.45) is 2.16. The van der Waals surface area contributed by atoms with Gasteiger partial charge in [0.15, 0.2) is 0 Å². The number of nitrogens with two attached hydrogens (primary N) is 1. The average Bonchev–Trinajstić information content (AvgIpc) is 2.39. The molecule has 2 amide bonds. The number of carbonyl (C=O) groups is 2. The molecule has 0 saturated heterocycles. The molecule has 1 atom stereocenters. The van der Waals surface area contributed by atoms with Crippen molar-refractivity contribution < 1.29 is 51.1 Å². The Kier molecular flexibility index (Phi) is 16.9. The summed E-state index contributed by atoms with van der Waals surface area (Å²) in [4.78, 5) is 25.5. The van der Waals surface area contributed by atoms with E-state index in [1.807, 2.05) is 14.0 Å². The molecule has 0 bridgehead atoms. The van der Waals surface area contributed by atoms with Gasteiger partial charge in [0.1, 0.15) is 0 Å². The van der Waals surface area contributed by atoms with Gasteiger partial charge in [-0.15, -0.1) is 0 Å². The fourth-order valence-electron chi connectivity index (χ4n) is 2.04. The van der Waals surface area contributed by atoms with Crippen molar-refractivity contribution in [2.24, 2.45) is 17.1 Å². The number of hydrogen-bond acceptors (Lipinski definition) is 3. The third-order valence-corrected chi connectivity index (χ3v) is 4.41. The van der Waals surface area contributed by atoms with Crippen molar-refractivity contribution in [3.63, 3.8) is 0 Å². The normalized spacial score (nSPS) is 11.9. The van der Waals surface area contributed by atoms with E-state index < -0.39 is 5.41 Å². The predicted molar refractivity (Wildman–Crippen MR) is 81.2 cm³/mol. The number of hydrogen-bond donors (Lipinski definition) is 1. The zero-order chi connectivity index (χ0) is 15.8. The van der Waals surface area contributed by atoms with Gasteiger partial charge in [-0.3, -0.25) is 9.59 Å². The van der Waals surface area contributed by atoms with Crippen LogP contribution in [0.15, 0.2) is 0 Å². The summed E-state index contributed by atoms with van der Waals surface area (Å²) in [5.74, 6) is -0.400. The summed E-state index contributed by atoms with van der Waals surface area (Å²) in [5.41, 5.74) is 4.74. The molecule has 0 aromatic rings. The molecule has 2 N–H and O–H groups in total. The molecule has 0 fully saturated rings. The Morgan fingerprint density at radius 2 is 1.86 bits per heavy atom. The topological polar surface area (TPSA) is 72.6 Å². The minimum absolute atomic E-state index is 0. The number of amides is 2.